The monoisotopic (exact) mass is 383 g/mol. The molecule has 11 heteroatoms. The number of aromatic nitrogens is 6. The summed E-state index contributed by atoms with van der Waals surface area (Å²) in [4.78, 5) is 32.6. The molecule has 1 aromatic carbocycles. The van der Waals surface area contributed by atoms with E-state index in [1.54, 1.807) is 18.2 Å². The van der Waals surface area contributed by atoms with E-state index < -0.39 is 18.5 Å². The maximum atomic E-state index is 12.4. The van der Waals surface area contributed by atoms with Gasteiger partial charge in [-0.05, 0) is 18.6 Å². The average molecular weight is 383 g/mol. The van der Waals surface area contributed by atoms with Gasteiger partial charge in [0, 0.05) is 6.20 Å². The minimum Gasteiger partial charge on any atom is -0.452 e. The summed E-state index contributed by atoms with van der Waals surface area (Å²) in [6.45, 7) is 1.44. The highest BCUT2D eigenvalue weighted by molar-refractivity contribution is 7.00. The third-order valence-electron chi connectivity index (χ3n) is 3.85. The summed E-state index contributed by atoms with van der Waals surface area (Å²) in [6, 6.07) is 5.27. The Morgan fingerprint density at radius 1 is 1.26 bits per heavy atom. The quantitative estimate of drug-likeness (QED) is 0.514. The van der Waals surface area contributed by atoms with Crippen LogP contribution in [0.1, 0.15) is 23.0 Å². The van der Waals surface area contributed by atoms with Gasteiger partial charge in [0.1, 0.15) is 17.4 Å². The topological polar surface area (TPSA) is 124 Å². The minimum absolute atomic E-state index is 0.245. The number of hydrogen-bond acceptors (Lipinski definition) is 9. The summed E-state index contributed by atoms with van der Waals surface area (Å²) in [5.41, 5.74) is 2.66. The van der Waals surface area contributed by atoms with Gasteiger partial charge in [-0.2, -0.15) is 18.8 Å². The first-order chi connectivity index (χ1) is 13.2. The third-order valence-corrected chi connectivity index (χ3v) is 4.40. The van der Waals surface area contributed by atoms with Gasteiger partial charge in [-0.1, -0.05) is 13.0 Å². The molecule has 4 aromatic rings. The fourth-order valence-corrected chi connectivity index (χ4v) is 3.19. The molecule has 0 aliphatic carbocycles. The first-order valence-electron chi connectivity index (χ1n) is 8.03. The van der Waals surface area contributed by atoms with E-state index in [-0.39, 0.29) is 5.56 Å². The summed E-state index contributed by atoms with van der Waals surface area (Å²) >= 11 is 1.06. The van der Waals surface area contributed by atoms with Crippen molar-refractivity contribution in [3.63, 3.8) is 0 Å². The van der Waals surface area contributed by atoms with E-state index in [9.17, 15) is 9.59 Å². The normalized spacial score (nSPS) is 11.0. The number of hydrogen-bond donors (Lipinski definition) is 1. The van der Waals surface area contributed by atoms with Gasteiger partial charge in [0.25, 0.3) is 11.7 Å². The Kier molecular flexibility index (Phi) is 4.42. The van der Waals surface area contributed by atoms with Crippen LogP contribution in [0.3, 0.4) is 0 Å². The number of carbonyl (C=O) groups excluding carboxylic acids is 2. The van der Waals surface area contributed by atoms with Gasteiger partial charge >= 0.3 is 5.97 Å². The molecule has 0 fully saturated rings. The van der Waals surface area contributed by atoms with Gasteiger partial charge in [0.2, 0.25) is 0 Å². The average Bonchev–Trinajstić information content (AvgIpc) is 3.34. The van der Waals surface area contributed by atoms with E-state index in [1.807, 2.05) is 6.92 Å². The number of aryl methyl sites for hydroxylation is 1. The molecular weight excluding hydrogens is 370 g/mol. The van der Waals surface area contributed by atoms with Crippen LogP contribution in [-0.4, -0.2) is 46.8 Å². The lowest BCUT2D eigenvalue weighted by Gasteiger charge is -2.09. The van der Waals surface area contributed by atoms with Crippen molar-refractivity contribution in [2.75, 3.05) is 11.9 Å². The van der Waals surface area contributed by atoms with E-state index >= 15 is 0 Å². The molecule has 0 saturated heterocycles. The molecule has 0 aliphatic heterocycles. The van der Waals surface area contributed by atoms with Crippen LogP contribution < -0.4 is 5.32 Å². The van der Waals surface area contributed by atoms with E-state index in [1.165, 1.54) is 17.0 Å². The second-order valence-electron chi connectivity index (χ2n) is 5.51. The number of carbonyl (C=O) groups is 2. The molecule has 0 atom stereocenters. The molecule has 0 saturated carbocycles. The SMILES string of the molecule is CCc1c(C(=O)OCC(=O)Nc2cccc3nsnc23)cnc2ncnn12. The second kappa shape index (κ2) is 7.03. The van der Waals surface area contributed by atoms with E-state index in [0.717, 1.165) is 11.7 Å². The summed E-state index contributed by atoms with van der Waals surface area (Å²) in [6.07, 6.45) is 3.26. The van der Waals surface area contributed by atoms with Crippen molar-refractivity contribution < 1.29 is 14.3 Å². The van der Waals surface area contributed by atoms with Crippen LogP contribution in [0, 0.1) is 0 Å². The number of fused-ring (bicyclic) bond motifs is 2. The summed E-state index contributed by atoms with van der Waals surface area (Å²) in [5, 5.41) is 6.73. The van der Waals surface area contributed by atoms with Crippen LogP contribution in [-0.2, 0) is 16.0 Å². The fourth-order valence-electron chi connectivity index (χ4n) is 2.64. The van der Waals surface area contributed by atoms with E-state index in [2.05, 4.69) is 29.1 Å². The van der Waals surface area contributed by atoms with Gasteiger partial charge in [-0.3, -0.25) is 4.79 Å². The molecule has 0 aliphatic rings. The zero-order valence-electron chi connectivity index (χ0n) is 14.1. The van der Waals surface area contributed by atoms with Crippen molar-refractivity contribution in [2.24, 2.45) is 0 Å². The Labute approximate surface area is 156 Å². The molecule has 1 amide bonds. The molecular formula is C16H13N7O3S. The van der Waals surface area contributed by atoms with Gasteiger partial charge < -0.3 is 10.1 Å². The largest absolute Gasteiger partial charge is 0.452 e. The summed E-state index contributed by atoms with van der Waals surface area (Å²) in [7, 11) is 0. The Balaban J connectivity index is 1.46. The maximum absolute atomic E-state index is 12.4. The number of esters is 1. The molecule has 27 heavy (non-hydrogen) atoms. The lowest BCUT2D eigenvalue weighted by atomic mass is 10.2. The van der Waals surface area contributed by atoms with Crippen LogP contribution >= 0.6 is 11.7 Å². The number of benzene rings is 1. The molecule has 0 radical (unpaired) electrons. The molecule has 10 nitrogen and oxygen atoms in total. The second-order valence-corrected chi connectivity index (χ2v) is 6.03. The van der Waals surface area contributed by atoms with Crippen LogP contribution in [0.25, 0.3) is 16.8 Å². The van der Waals surface area contributed by atoms with Crippen molar-refractivity contribution in [1.29, 1.82) is 0 Å². The van der Waals surface area contributed by atoms with Crippen LogP contribution in [0.15, 0.2) is 30.7 Å². The number of ether oxygens (including phenoxy) is 1. The van der Waals surface area contributed by atoms with Crippen molar-refractivity contribution >= 4 is 46.1 Å². The third kappa shape index (κ3) is 3.19. The van der Waals surface area contributed by atoms with Crippen molar-refractivity contribution in [3.8, 4) is 0 Å². The van der Waals surface area contributed by atoms with Gasteiger partial charge in [-0.15, -0.1) is 0 Å². The molecule has 136 valence electrons. The van der Waals surface area contributed by atoms with Gasteiger partial charge in [-0.25, -0.2) is 14.3 Å². The van der Waals surface area contributed by atoms with Gasteiger partial charge in [0.05, 0.1) is 28.7 Å². The first kappa shape index (κ1) is 17.0. The molecule has 3 aromatic heterocycles. The standard InChI is InChI=1S/C16H13N7O3S/c1-2-12-9(6-17-16-18-8-19-23(12)16)15(25)26-7-13(24)20-10-4-3-5-11-14(10)22-27-21-11/h3-6,8H,2,7H2,1H3,(H,20,24). The van der Waals surface area contributed by atoms with Crippen molar-refractivity contribution in [3.05, 3.63) is 42.0 Å². The number of nitrogens with zero attached hydrogens (tertiary/aromatic N) is 6. The number of amides is 1. The fraction of sp³-hybridized carbons (Fsp3) is 0.188. The van der Waals surface area contributed by atoms with Crippen molar-refractivity contribution in [1.82, 2.24) is 28.3 Å². The Bertz CT molecular complexity index is 1150. The number of nitrogens with one attached hydrogen (secondary N) is 1. The highest BCUT2D eigenvalue weighted by Gasteiger charge is 2.18. The number of rotatable bonds is 5. The summed E-state index contributed by atoms with van der Waals surface area (Å²) in [5.74, 6) is -0.733. The predicted octanol–water partition coefficient (Wildman–Crippen LogP) is 1.49. The maximum Gasteiger partial charge on any atom is 0.342 e. The summed E-state index contributed by atoms with van der Waals surface area (Å²) < 4.78 is 14.9. The van der Waals surface area contributed by atoms with Crippen LogP contribution in [0.4, 0.5) is 5.69 Å². The predicted molar refractivity (Wildman–Crippen MR) is 96.5 cm³/mol. The van der Waals surface area contributed by atoms with Crippen LogP contribution in [0.2, 0.25) is 0 Å². The molecule has 0 unspecified atom stereocenters. The van der Waals surface area contributed by atoms with Crippen molar-refractivity contribution in [2.45, 2.75) is 13.3 Å². The van der Waals surface area contributed by atoms with Crippen LogP contribution in [0.5, 0.6) is 0 Å². The van der Waals surface area contributed by atoms with E-state index in [0.29, 0.717) is 34.6 Å². The molecule has 0 bridgehead atoms. The molecule has 4 rings (SSSR count). The Hall–Kier alpha value is -3.47. The smallest absolute Gasteiger partial charge is 0.342 e. The Morgan fingerprint density at radius 2 is 2.15 bits per heavy atom. The van der Waals surface area contributed by atoms with Gasteiger partial charge in [0.15, 0.2) is 6.61 Å². The minimum atomic E-state index is -0.652. The number of anilines is 1. The highest BCUT2D eigenvalue weighted by atomic mass is 32.1. The lowest BCUT2D eigenvalue weighted by molar-refractivity contribution is -0.119. The lowest BCUT2D eigenvalue weighted by Crippen LogP contribution is -2.22. The highest BCUT2D eigenvalue weighted by Crippen LogP contribution is 2.21. The molecule has 3 heterocycles. The Morgan fingerprint density at radius 3 is 3.00 bits per heavy atom. The molecule has 1 N–H and O–H groups in total. The zero-order chi connectivity index (χ0) is 18.8. The van der Waals surface area contributed by atoms with E-state index in [4.69, 9.17) is 4.74 Å². The zero-order valence-corrected chi connectivity index (χ0v) is 14.9. The first-order valence-corrected chi connectivity index (χ1v) is 8.76. The molecule has 0 spiro atoms.